The molecule has 0 saturated carbocycles. The number of nitrogens with one attached hydrogen (secondary N) is 1. The minimum absolute atomic E-state index is 0.128. The van der Waals surface area contributed by atoms with Crippen molar-refractivity contribution in [1.82, 2.24) is 4.98 Å². The number of hydrogen-bond acceptors (Lipinski definition) is 7. The van der Waals surface area contributed by atoms with E-state index >= 15 is 0 Å². The number of halogens is 1. The lowest BCUT2D eigenvalue weighted by molar-refractivity contribution is -0.385. The number of pyridine rings is 1. The number of hydrogen-bond donors (Lipinski definition) is 1. The molecule has 1 N–H and O–H groups in total. The largest absolute Gasteiger partial charge is 0.493 e. The smallest absolute Gasteiger partial charge is 0.290 e. The molecule has 0 aliphatic rings. The third-order valence-electron chi connectivity index (χ3n) is 3.54. The van der Waals surface area contributed by atoms with E-state index in [-0.39, 0.29) is 17.1 Å². The molecular formula is C16H16BrN3O6. The second kappa shape index (κ2) is 8.00. The second-order valence-corrected chi connectivity index (χ2v) is 5.87. The third-order valence-corrected chi connectivity index (χ3v) is 4.32. The Labute approximate surface area is 157 Å². The van der Waals surface area contributed by atoms with Crippen LogP contribution in [-0.4, -0.2) is 37.1 Å². The molecule has 1 aromatic heterocycles. The highest BCUT2D eigenvalue weighted by molar-refractivity contribution is 9.10. The highest BCUT2D eigenvalue weighted by Gasteiger charge is 2.23. The maximum absolute atomic E-state index is 12.6. The minimum atomic E-state index is -0.538. The molecule has 0 saturated heterocycles. The summed E-state index contributed by atoms with van der Waals surface area (Å²) in [6.07, 6.45) is 1.09. The van der Waals surface area contributed by atoms with Crippen molar-refractivity contribution in [3.05, 3.63) is 44.0 Å². The molecule has 0 spiro atoms. The molecule has 0 unspecified atom stereocenters. The van der Waals surface area contributed by atoms with Crippen LogP contribution in [0.2, 0.25) is 0 Å². The van der Waals surface area contributed by atoms with E-state index in [1.54, 1.807) is 6.92 Å². The number of rotatable bonds is 6. The molecule has 1 heterocycles. The highest BCUT2D eigenvalue weighted by Crippen LogP contribution is 2.44. The molecule has 138 valence electrons. The first kappa shape index (κ1) is 19.4. The van der Waals surface area contributed by atoms with E-state index in [2.05, 4.69) is 26.2 Å². The van der Waals surface area contributed by atoms with Crippen molar-refractivity contribution < 1.29 is 23.9 Å². The van der Waals surface area contributed by atoms with Crippen LogP contribution in [-0.2, 0) is 0 Å². The number of nitrogens with zero attached hydrogens (tertiary/aromatic N) is 2. The van der Waals surface area contributed by atoms with Crippen molar-refractivity contribution >= 4 is 33.3 Å². The van der Waals surface area contributed by atoms with Gasteiger partial charge in [0, 0.05) is 5.56 Å². The van der Waals surface area contributed by atoms with Crippen molar-refractivity contribution in [2.45, 2.75) is 6.92 Å². The fourth-order valence-corrected chi connectivity index (χ4v) is 2.91. The normalized spacial score (nSPS) is 10.2. The lowest BCUT2D eigenvalue weighted by atomic mass is 10.1. The van der Waals surface area contributed by atoms with Crippen LogP contribution >= 0.6 is 15.9 Å². The summed E-state index contributed by atoms with van der Waals surface area (Å²) in [5.74, 6) is 0.619. The number of nitro groups is 1. The Morgan fingerprint density at radius 3 is 2.35 bits per heavy atom. The van der Waals surface area contributed by atoms with Crippen molar-refractivity contribution in [1.29, 1.82) is 0 Å². The van der Waals surface area contributed by atoms with Gasteiger partial charge in [-0.05, 0) is 35.0 Å². The quantitative estimate of drug-likeness (QED) is 0.557. The van der Waals surface area contributed by atoms with E-state index in [1.807, 2.05) is 0 Å². The fraction of sp³-hybridized carbons (Fsp3) is 0.250. The van der Waals surface area contributed by atoms with Gasteiger partial charge in [0.05, 0.1) is 36.3 Å². The molecule has 26 heavy (non-hydrogen) atoms. The summed E-state index contributed by atoms with van der Waals surface area (Å²) >= 11 is 3.32. The van der Waals surface area contributed by atoms with E-state index in [9.17, 15) is 14.9 Å². The Morgan fingerprint density at radius 1 is 1.19 bits per heavy atom. The monoisotopic (exact) mass is 425 g/mol. The van der Waals surface area contributed by atoms with E-state index in [0.29, 0.717) is 27.3 Å². The van der Waals surface area contributed by atoms with Crippen molar-refractivity contribution in [3.63, 3.8) is 0 Å². The maximum Gasteiger partial charge on any atom is 0.290 e. The van der Waals surface area contributed by atoms with Crippen molar-refractivity contribution in [3.8, 4) is 17.2 Å². The number of carbonyl (C=O) groups is 1. The number of aromatic nitrogens is 1. The number of carbonyl (C=O) groups excluding carboxylic acids is 1. The van der Waals surface area contributed by atoms with Crippen molar-refractivity contribution in [2.75, 3.05) is 26.6 Å². The SMILES string of the molecule is COc1cc(C(=O)Nc2cc(C)c([N+](=O)[O-])cn2)c(Br)c(OC)c1OC. The summed E-state index contributed by atoms with van der Waals surface area (Å²) in [7, 11) is 4.33. The maximum atomic E-state index is 12.6. The first-order valence-electron chi connectivity index (χ1n) is 7.24. The molecule has 0 bridgehead atoms. The first-order valence-corrected chi connectivity index (χ1v) is 8.04. The summed E-state index contributed by atoms with van der Waals surface area (Å²) in [6.45, 7) is 1.56. The average molecular weight is 426 g/mol. The number of ether oxygens (including phenoxy) is 3. The van der Waals surface area contributed by atoms with Crippen LogP contribution in [0.3, 0.4) is 0 Å². The molecule has 1 aromatic carbocycles. The number of methoxy groups -OCH3 is 3. The van der Waals surface area contributed by atoms with Crippen LogP contribution < -0.4 is 19.5 Å². The van der Waals surface area contributed by atoms with Gasteiger partial charge in [-0.3, -0.25) is 14.9 Å². The van der Waals surface area contributed by atoms with Gasteiger partial charge in [0.25, 0.3) is 11.6 Å². The van der Waals surface area contributed by atoms with Gasteiger partial charge in [0.15, 0.2) is 11.5 Å². The van der Waals surface area contributed by atoms with Gasteiger partial charge in [-0.1, -0.05) is 0 Å². The summed E-state index contributed by atoms with van der Waals surface area (Å²) in [5.41, 5.74) is 0.471. The molecule has 1 amide bonds. The zero-order valence-corrected chi connectivity index (χ0v) is 16.0. The minimum Gasteiger partial charge on any atom is -0.493 e. The third kappa shape index (κ3) is 3.69. The molecular weight excluding hydrogens is 410 g/mol. The Bertz CT molecular complexity index is 872. The predicted octanol–water partition coefficient (Wildman–Crippen LogP) is 3.34. The summed E-state index contributed by atoms with van der Waals surface area (Å²) in [4.78, 5) is 26.9. The van der Waals surface area contributed by atoms with Crippen molar-refractivity contribution in [2.24, 2.45) is 0 Å². The second-order valence-electron chi connectivity index (χ2n) is 5.07. The van der Waals surface area contributed by atoms with E-state index in [4.69, 9.17) is 14.2 Å². The zero-order valence-electron chi connectivity index (χ0n) is 14.5. The highest BCUT2D eigenvalue weighted by atomic mass is 79.9. The molecule has 10 heteroatoms. The van der Waals surface area contributed by atoms with Crippen LogP contribution in [0.1, 0.15) is 15.9 Å². The fourth-order valence-electron chi connectivity index (χ4n) is 2.28. The molecule has 9 nitrogen and oxygen atoms in total. The first-order chi connectivity index (χ1) is 12.3. The number of amides is 1. The zero-order chi connectivity index (χ0) is 19.4. The van der Waals surface area contributed by atoms with Gasteiger partial charge in [-0.2, -0.15) is 0 Å². The average Bonchev–Trinajstić information content (AvgIpc) is 2.60. The van der Waals surface area contributed by atoms with E-state index < -0.39 is 10.8 Å². The van der Waals surface area contributed by atoms with Crippen LogP contribution in [0.25, 0.3) is 0 Å². The number of aryl methyl sites for hydroxylation is 1. The van der Waals surface area contributed by atoms with Gasteiger partial charge < -0.3 is 19.5 Å². The molecule has 2 rings (SSSR count). The Balaban J connectivity index is 2.41. The van der Waals surface area contributed by atoms with Gasteiger partial charge in [0.1, 0.15) is 12.0 Å². The molecule has 0 atom stereocenters. The molecule has 0 aliphatic heterocycles. The summed E-state index contributed by atoms with van der Waals surface area (Å²) in [5, 5.41) is 13.4. The van der Waals surface area contributed by atoms with Crippen LogP contribution in [0.4, 0.5) is 11.5 Å². The topological polar surface area (TPSA) is 113 Å². The Hall–Kier alpha value is -2.88. The molecule has 0 radical (unpaired) electrons. The van der Waals surface area contributed by atoms with E-state index in [1.165, 1.54) is 33.5 Å². The summed E-state index contributed by atoms with van der Waals surface area (Å²) < 4.78 is 16.2. The molecule has 0 fully saturated rings. The summed E-state index contributed by atoms with van der Waals surface area (Å²) in [6, 6.07) is 2.90. The van der Waals surface area contributed by atoms with Crippen LogP contribution in [0.5, 0.6) is 17.2 Å². The molecule has 2 aromatic rings. The lowest BCUT2D eigenvalue weighted by Gasteiger charge is -2.16. The predicted molar refractivity (Wildman–Crippen MR) is 97.4 cm³/mol. The van der Waals surface area contributed by atoms with Crippen LogP contribution in [0, 0.1) is 17.0 Å². The standard InChI is InChI=1S/C16H16BrN3O6/c1-8-5-12(18-7-10(8)20(22)23)19-16(21)9-6-11(24-2)14(25-3)15(26-4)13(9)17/h5-7H,1-4H3,(H,18,19,21). The van der Waals surface area contributed by atoms with Gasteiger partial charge >= 0.3 is 0 Å². The Morgan fingerprint density at radius 2 is 1.85 bits per heavy atom. The van der Waals surface area contributed by atoms with E-state index in [0.717, 1.165) is 6.20 Å². The van der Waals surface area contributed by atoms with Gasteiger partial charge in [0.2, 0.25) is 5.75 Å². The van der Waals surface area contributed by atoms with Gasteiger partial charge in [-0.25, -0.2) is 4.98 Å². The number of benzene rings is 1. The number of anilines is 1. The van der Waals surface area contributed by atoms with Crippen LogP contribution in [0.15, 0.2) is 22.8 Å². The van der Waals surface area contributed by atoms with Gasteiger partial charge in [-0.15, -0.1) is 0 Å². The lowest BCUT2D eigenvalue weighted by Crippen LogP contribution is -2.15. The Kier molecular flexibility index (Phi) is 5.98. The molecule has 0 aliphatic carbocycles.